The minimum atomic E-state index is -0.577. The van der Waals surface area contributed by atoms with E-state index in [1.54, 1.807) is 23.7 Å². The van der Waals surface area contributed by atoms with E-state index in [1.807, 2.05) is 29.0 Å². The van der Waals surface area contributed by atoms with Gasteiger partial charge in [0, 0.05) is 24.5 Å². The van der Waals surface area contributed by atoms with Gasteiger partial charge in [-0.2, -0.15) is 0 Å². The van der Waals surface area contributed by atoms with Crippen molar-refractivity contribution in [2.24, 2.45) is 0 Å². The number of amides is 1. The maximum atomic E-state index is 11.0. The molecule has 0 saturated heterocycles. The lowest BCUT2D eigenvalue weighted by Crippen LogP contribution is -2.15. The number of halogens is 2. The topological polar surface area (TPSA) is 54.3 Å². The van der Waals surface area contributed by atoms with Crippen LogP contribution >= 0.6 is 23.2 Å². The van der Waals surface area contributed by atoms with Gasteiger partial charge in [-0.1, -0.05) is 29.3 Å². The second-order valence-electron chi connectivity index (χ2n) is 4.12. The van der Waals surface area contributed by atoms with Gasteiger partial charge in [-0.15, -0.1) is 0 Å². The Labute approximate surface area is 126 Å². The molecule has 0 radical (unpaired) electrons. The van der Waals surface area contributed by atoms with E-state index < -0.39 is 5.91 Å². The van der Waals surface area contributed by atoms with Gasteiger partial charge >= 0.3 is 0 Å². The van der Waals surface area contributed by atoms with Gasteiger partial charge in [0.15, 0.2) is 0 Å². The molecule has 1 amide bonds. The van der Waals surface area contributed by atoms with Crippen LogP contribution in [0.25, 0.3) is 6.08 Å². The molecule has 2 rings (SSSR count). The van der Waals surface area contributed by atoms with Crippen LogP contribution in [-0.4, -0.2) is 15.7 Å². The maximum Gasteiger partial charge on any atom is 0.267 e. The van der Waals surface area contributed by atoms with Crippen LogP contribution in [0.2, 0.25) is 10.0 Å². The van der Waals surface area contributed by atoms with Crippen molar-refractivity contribution in [1.29, 1.82) is 0 Å². The Hall–Kier alpha value is -1.75. The van der Waals surface area contributed by atoms with E-state index in [-0.39, 0.29) is 0 Å². The van der Waals surface area contributed by atoms with Crippen LogP contribution in [0.4, 0.5) is 0 Å². The number of aromatic nitrogens is 1. The number of benzene rings is 1. The van der Waals surface area contributed by atoms with Crippen molar-refractivity contribution in [2.45, 2.75) is 6.54 Å². The van der Waals surface area contributed by atoms with Crippen molar-refractivity contribution in [1.82, 2.24) is 10.0 Å². The molecule has 0 unspecified atom stereocenters. The molecule has 0 atom stereocenters. The molecule has 2 aromatic rings. The normalized spacial score (nSPS) is 10.9. The number of hydrogen-bond donors (Lipinski definition) is 2. The predicted molar refractivity (Wildman–Crippen MR) is 79.0 cm³/mol. The highest BCUT2D eigenvalue weighted by Gasteiger charge is 2.03. The first-order valence-electron chi connectivity index (χ1n) is 5.81. The Morgan fingerprint density at radius 3 is 2.80 bits per heavy atom. The summed E-state index contributed by atoms with van der Waals surface area (Å²) in [6.45, 7) is 0.601. The summed E-state index contributed by atoms with van der Waals surface area (Å²) >= 11 is 11.9. The van der Waals surface area contributed by atoms with Gasteiger partial charge in [0.25, 0.3) is 5.91 Å². The molecule has 4 nitrogen and oxygen atoms in total. The Balaban J connectivity index is 2.18. The van der Waals surface area contributed by atoms with Crippen LogP contribution in [0, 0.1) is 0 Å². The smallest absolute Gasteiger partial charge is 0.267 e. The molecule has 0 aliphatic rings. The van der Waals surface area contributed by atoms with E-state index in [1.165, 1.54) is 6.08 Å². The number of carbonyl (C=O) groups excluding carboxylic acids is 1. The third-order valence-corrected chi connectivity index (χ3v) is 3.46. The zero-order valence-corrected chi connectivity index (χ0v) is 11.9. The minimum Gasteiger partial charge on any atom is -0.344 e. The molecule has 1 aromatic carbocycles. The van der Waals surface area contributed by atoms with Crippen molar-refractivity contribution in [2.75, 3.05) is 0 Å². The van der Waals surface area contributed by atoms with E-state index in [2.05, 4.69) is 0 Å². The quantitative estimate of drug-likeness (QED) is 0.517. The predicted octanol–water partition coefficient (Wildman–Crippen LogP) is 3.36. The van der Waals surface area contributed by atoms with Crippen molar-refractivity contribution in [3.63, 3.8) is 0 Å². The van der Waals surface area contributed by atoms with Crippen LogP contribution in [0.15, 0.2) is 42.6 Å². The molecule has 0 saturated carbocycles. The lowest BCUT2D eigenvalue weighted by Gasteiger charge is -2.07. The zero-order chi connectivity index (χ0) is 14.5. The number of nitrogens with one attached hydrogen (secondary N) is 1. The second kappa shape index (κ2) is 6.61. The Bertz CT molecular complexity index is 650. The third-order valence-electron chi connectivity index (χ3n) is 2.72. The first-order chi connectivity index (χ1) is 9.60. The highest BCUT2D eigenvalue weighted by atomic mass is 35.5. The van der Waals surface area contributed by atoms with Crippen LogP contribution in [0.5, 0.6) is 0 Å². The molecule has 0 fully saturated rings. The molecular weight excluding hydrogens is 299 g/mol. The average Bonchev–Trinajstić information content (AvgIpc) is 2.87. The Morgan fingerprint density at radius 1 is 1.30 bits per heavy atom. The van der Waals surface area contributed by atoms with E-state index in [0.29, 0.717) is 16.6 Å². The van der Waals surface area contributed by atoms with E-state index in [4.69, 9.17) is 28.4 Å². The van der Waals surface area contributed by atoms with Crippen molar-refractivity contribution >= 4 is 35.2 Å². The van der Waals surface area contributed by atoms with Gasteiger partial charge in [0.1, 0.15) is 0 Å². The van der Waals surface area contributed by atoms with Crippen molar-refractivity contribution in [3.05, 3.63) is 63.9 Å². The summed E-state index contributed by atoms with van der Waals surface area (Å²) in [5.41, 5.74) is 3.37. The van der Waals surface area contributed by atoms with Gasteiger partial charge in [-0.3, -0.25) is 10.0 Å². The monoisotopic (exact) mass is 310 g/mol. The first-order valence-corrected chi connectivity index (χ1v) is 6.57. The number of hydroxylamine groups is 1. The summed E-state index contributed by atoms with van der Waals surface area (Å²) in [4.78, 5) is 11.0. The van der Waals surface area contributed by atoms with Crippen molar-refractivity contribution in [3.8, 4) is 0 Å². The van der Waals surface area contributed by atoms with Gasteiger partial charge in [-0.25, -0.2) is 5.48 Å². The van der Waals surface area contributed by atoms with Gasteiger partial charge in [0.05, 0.1) is 10.0 Å². The summed E-state index contributed by atoms with van der Waals surface area (Å²) in [6, 6.07) is 9.17. The zero-order valence-electron chi connectivity index (χ0n) is 10.4. The van der Waals surface area contributed by atoms with Gasteiger partial charge < -0.3 is 4.57 Å². The standard InChI is InChI=1S/C14H12Cl2N2O2/c15-12-5-3-10(8-13(12)16)9-18-7-1-2-11(18)4-6-14(19)17-20/h1-8,20H,9H2,(H,17,19)/b6-4+. The van der Waals surface area contributed by atoms with Gasteiger partial charge in [0.2, 0.25) is 0 Å². The molecule has 0 spiro atoms. The Morgan fingerprint density at radius 2 is 2.10 bits per heavy atom. The highest BCUT2D eigenvalue weighted by Crippen LogP contribution is 2.23. The molecule has 0 aliphatic carbocycles. The number of rotatable bonds is 4. The largest absolute Gasteiger partial charge is 0.344 e. The second-order valence-corrected chi connectivity index (χ2v) is 4.93. The average molecular weight is 311 g/mol. The molecule has 1 aromatic heterocycles. The third kappa shape index (κ3) is 3.63. The number of carbonyl (C=O) groups is 1. The van der Waals surface area contributed by atoms with E-state index in [0.717, 1.165) is 11.3 Å². The van der Waals surface area contributed by atoms with Crippen LogP contribution in [0.1, 0.15) is 11.3 Å². The summed E-state index contributed by atoms with van der Waals surface area (Å²) < 4.78 is 1.95. The lowest BCUT2D eigenvalue weighted by molar-refractivity contribution is -0.124. The number of hydrogen-bond acceptors (Lipinski definition) is 2. The molecule has 0 bridgehead atoms. The molecule has 6 heteroatoms. The van der Waals surface area contributed by atoms with Gasteiger partial charge in [-0.05, 0) is 35.9 Å². The molecule has 2 N–H and O–H groups in total. The first kappa shape index (κ1) is 14.7. The minimum absolute atomic E-state index is 0.507. The summed E-state index contributed by atoms with van der Waals surface area (Å²) in [7, 11) is 0. The maximum absolute atomic E-state index is 11.0. The van der Waals surface area contributed by atoms with Crippen LogP contribution in [-0.2, 0) is 11.3 Å². The van der Waals surface area contributed by atoms with Crippen LogP contribution in [0.3, 0.4) is 0 Å². The van der Waals surface area contributed by atoms with Crippen LogP contribution < -0.4 is 5.48 Å². The fourth-order valence-corrected chi connectivity index (χ4v) is 2.08. The summed E-state index contributed by atoms with van der Waals surface area (Å²) in [6.07, 6.45) is 4.75. The fourth-order valence-electron chi connectivity index (χ4n) is 1.76. The molecule has 104 valence electrons. The van der Waals surface area contributed by atoms with Crippen molar-refractivity contribution < 1.29 is 10.0 Å². The Kier molecular flexibility index (Phi) is 4.84. The van der Waals surface area contributed by atoms with E-state index in [9.17, 15) is 4.79 Å². The summed E-state index contributed by atoms with van der Waals surface area (Å²) in [5, 5.41) is 9.46. The number of nitrogens with zero attached hydrogens (tertiary/aromatic N) is 1. The highest BCUT2D eigenvalue weighted by molar-refractivity contribution is 6.42. The fraction of sp³-hybridized carbons (Fsp3) is 0.0714. The SMILES string of the molecule is O=C(/C=C/c1cccn1Cc1ccc(Cl)c(Cl)c1)NO. The molecular formula is C14H12Cl2N2O2. The van der Waals surface area contributed by atoms with E-state index >= 15 is 0 Å². The summed E-state index contributed by atoms with van der Waals surface area (Å²) in [5.74, 6) is -0.577. The molecule has 1 heterocycles. The molecule has 20 heavy (non-hydrogen) atoms. The lowest BCUT2D eigenvalue weighted by atomic mass is 10.2. The molecule has 0 aliphatic heterocycles.